The minimum Gasteiger partial charge on any atom is -0.341 e. The van der Waals surface area contributed by atoms with Gasteiger partial charge in [-0.05, 0) is 24.3 Å². The lowest BCUT2D eigenvalue weighted by Gasteiger charge is -2.21. The standard InChI is InChI=1S/C15H13N3O5/c19-13(16-5-8-3-9(8)6-16)7-17-14(20)11-2-1-10(18(22)23)4-12(11)15(17)21/h1-2,4,8-9H,3,5-7H2. The Morgan fingerprint density at radius 1 is 1.17 bits per heavy atom. The number of carbonyl (C=O) groups is 3. The molecule has 2 heterocycles. The Morgan fingerprint density at radius 3 is 2.48 bits per heavy atom. The third-order valence-electron chi connectivity index (χ3n) is 4.79. The fraction of sp³-hybridized carbons (Fsp3) is 0.400. The highest BCUT2D eigenvalue weighted by Crippen LogP contribution is 2.44. The first-order valence-corrected chi connectivity index (χ1v) is 7.38. The molecule has 3 amide bonds. The number of likely N-dealkylation sites (tertiary alicyclic amines) is 1. The summed E-state index contributed by atoms with van der Waals surface area (Å²) in [6, 6.07) is 3.54. The first kappa shape index (κ1) is 13.9. The highest BCUT2D eigenvalue weighted by Gasteiger charge is 2.47. The second-order valence-electron chi connectivity index (χ2n) is 6.24. The molecule has 4 rings (SSSR count). The number of hydrogen-bond donors (Lipinski definition) is 0. The van der Waals surface area contributed by atoms with Crippen LogP contribution < -0.4 is 0 Å². The van der Waals surface area contributed by atoms with Crippen molar-refractivity contribution < 1.29 is 19.3 Å². The molecule has 23 heavy (non-hydrogen) atoms. The van der Waals surface area contributed by atoms with Gasteiger partial charge in [-0.2, -0.15) is 0 Å². The topological polar surface area (TPSA) is 101 Å². The average molecular weight is 315 g/mol. The molecule has 2 unspecified atom stereocenters. The Hall–Kier alpha value is -2.77. The summed E-state index contributed by atoms with van der Waals surface area (Å²) in [5.41, 5.74) is -0.156. The van der Waals surface area contributed by atoms with Crippen LogP contribution in [-0.4, -0.2) is 52.1 Å². The molecule has 118 valence electrons. The maximum atomic E-state index is 12.3. The molecule has 1 saturated carbocycles. The molecule has 0 aromatic heterocycles. The Morgan fingerprint density at radius 2 is 1.83 bits per heavy atom. The van der Waals surface area contributed by atoms with Gasteiger partial charge in [-0.3, -0.25) is 29.4 Å². The highest BCUT2D eigenvalue weighted by atomic mass is 16.6. The minimum atomic E-state index is -0.647. The zero-order valence-corrected chi connectivity index (χ0v) is 12.1. The highest BCUT2D eigenvalue weighted by molar-refractivity contribution is 6.22. The molecule has 0 spiro atoms. The Kier molecular flexibility index (Phi) is 2.78. The number of amides is 3. The third-order valence-corrected chi connectivity index (χ3v) is 4.79. The van der Waals surface area contributed by atoms with Gasteiger partial charge in [0, 0.05) is 25.2 Å². The molecule has 1 aliphatic carbocycles. The van der Waals surface area contributed by atoms with Gasteiger partial charge in [-0.15, -0.1) is 0 Å². The molecular weight excluding hydrogens is 302 g/mol. The van der Waals surface area contributed by atoms with Crippen molar-refractivity contribution in [1.29, 1.82) is 0 Å². The van der Waals surface area contributed by atoms with E-state index in [-0.39, 0.29) is 29.3 Å². The van der Waals surface area contributed by atoms with Crippen molar-refractivity contribution in [3.05, 3.63) is 39.4 Å². The van der Waals surface area contributed by atoms with Gasteiger partial charge in [0.05, 0.1) is 16.1 Å². The maximum Gasteiger partial charge on any atom is 0.270 e. The van der Waals surface area contributed by atoms with E-state index in [1.54, 1.807) is 4.90 Å². The molecule has 1 saturated heterocycles. The number of nitro groups is 1. The number of piperidine rings is 1. The first-order valence-electron chi connectivity index (χ1n) is 7.38. The van der Waals surface area contributed by atoms with Crippen LogP contribution in [0.15, 0.2) is 18.2 Å². The Balaban J connectivity index is 1.54. The predicted octanol–water partition coefficient (Wildman–Crippen LogP) is 0.669. The van der Waals surface area contributed by atoms with E-state index in [9.17, 15) is 24.5 Å². The number of rotatable bonds is 3. The fourth-order valence-corrected chi connectivity index (χ4v) is 3.37. The number of nitrogens with zero attached hydrogens (tertiary/aromatic N) is 3. The predicted molar refractivity (Wildman–Crippen MR) is 76.6 cm³/mol. The van der Waals surface area contributed by atoms with E-state index in [2.05, 4.69) is 0 Å². The van der Waals surface area contributed by atoms with E-state index < -0.39 is 16.7 Å². The van der Waals surface area contributed by atoms with Gasteiger partial charge in [0.15, 0.2) is 0 Å². The van der Waals surface area contributed by atoms with Crippen LogP contribution in [0.4, 0.5) is 5.69 Å². The van der Waals surface area contributed by atoms with Gasteiger partial charge in [0.1, 0.15) is 6.54 Å². The molecule has 1 aromatic carbocycles. The maximum absolute atomic E-state index is 12.3. The van der Waals surface area contributed by atoms with Crippen molar-refractivity contribution in [2.24, 2.45) is 11.8 Å². The molecule has 0 N–H and O–H groups in total. The fourth-order valence-electron chi connectivity index (χ4n) is 3.37. The average Bonchev–Trinajstić information content (AvgIpc) is 3.07. The molecule has 0 radical (unpaired) electrons. The minimum absolute atomic E-state index is 0.0127. The van der Waals surface area contributed by atoms with E-state index in [0.717, 1.165) is 17.4 Å². The van der Waals surface area contributed by atoms with Crippen molar-refractivity contribution >= 4 is 23.4 Å². The summed E-state index contributed by atoms with van der Waals surface area (Å²) < 4.78 is 0. The number of hydrogen-bond acceptors (Lipinski definition) is 5. The van der Waals surface area contributed by atoms with Crippen LogP contribution in [0, 0.1) is 22.0 Å². The van der Waals surface area contributed by atoms with Crippen LogP contribution in [-0.2, 0) is 4.79 Å². The number of benzene rings is 1. The lowest BCUT2D eigenvalue weighted by Crippen LogP contribution is -2.42. The van der Waals surface area contributed by atoms with E-state index in [4.69, 9.17) is 0 Å². The van der Waals surface area contributed by atoms with Crippen molar-refractivity contribution in [3.63, 3.8) is 0 Å². The Labute approximate surface area is 130 Å². The Bertz CT molecular complexity index is 764. The summed E-state index contributed by atoms with van der Waals surface area (Å²) in [6.45, 7) is 1.08. The second kappa shape index (κ2) is 4.61. The number of nitro benzene ring substituents is 1. The van der Waals surface area contributed by atoms with Crippen molar-refractivity contribution in [2.75, 3.05) is 19.6 Å². The molecule has 8 nitrogen and oxygen atoms in total. The van der Waals surface area contributed by atoms with Crippen LogP contribution in [0.3, 0.4) is 0 Å². The van der Waals surface area contributed by atoms with Gasteiger partial charge in [-0.25, -0.2) is 0 Å². The summed E-state index contributed by atoms with van der Waals surface area (Å²) in [7, 11) is 0. The lowest BCUT2D eigenvalue weighted by molar-refractivity contribution is -0.384. The summed E-state index contributed by atoms with van der Waals surface area (Å²) in [6.07, 6.45) is 1.15. The summed E-state index contributed by atoms with van der Waals surface area (Å²) in [4.78, 5) is 49.6. The largest absolute Gasteiger partial charge is 0.341 e. The normalized spacial score (nSPS) is 24.7. The molecule has 2 aliphatic heterocycles. The number of non-ortho nitro benzene ring substituents is 1. The molecule has 1 aromatic rings. The quantitative estimate of drug-likeness (QED) is 0.463. The van der Waals surface area contributed by atoms with Crippen LogP contribution in [0.5, 0.6) is 0 Å². The van der Waals surface area contributed by atoms with E-state index in [1.807, 2.05) is 0 Å². The zero-order valence-electron chi connectivity index (χ0n) is 12.1. The van der Waals surface area contributed by atoms with Gasteiger partial charge in [-0.1, -0.05) is 0 Å². The third kappa shape index (κ3) is 2.09. The zero-order chi connectivity index (χ0) is 16.3. The molecular formula is C15H13N3O5. The SMILES string of the molecule is O=C(CN1C(=O)c2ccc([N+](=O)[O-])cc2C1=O)N1CC2CC2C1. The summed E-state index contributed by atoms with van der Waals surface area (Å²) >= 11 is 0. The van der Waals surface area contributed by atoms with Crippen molar-refractivity contribution in [1.82, 2.24) is 9.80 Å². The smallest absolute Gasteiger partial charge is 0.270 e. The number of imide groups is 1. The molecule has 2 fully saturated rings. The molecule has 0 bridgehead atoms. The van der Waals surface area contributed by atoms with Crippen LogP contribution in [0.2, 0.25) is 0 Å². The van der Waals surface area contributed by atoms with Crippen LogP contribution in [0.25, 0.3) is 0 Å². The van der Waals surface area contributed by atoms with Gasteiger partial charge in [0.2, 0.25) is 5.91 Å². The first-order chi connectivity index (χ1) is 11.0. The van der Waals surface area contributed by atoms with E-state index in [1.165, 1.54) is 12.1 Å². The summed E-state index contributed by atoms with van der Waals surface area (Å²) in [5, 5.41) is 10.8. The summed E-state index contributed by atoms with van der Waals surface area (Å²) in [5.74, 6) is -0.322. The van der Waals surface area contributed by atoms with E-state index >= 15 is 0 Å². The van der Waals surface area contributed by atoms with Gasteiger partial charge in [0.25, 0.3) is 17.5 Å². The lowest BCUT2D eigenvalue weighted by atomic mass is 10.1. The monoisotopic (exact) mass is 315 g/mol. The van der Waals surface area contributed by atoms with Gasteiger partial charge >= 0.3 is 0 Å². The number of fused-ring (bicyclic) bond motifs is 2. The van der Waals surface area contributed by atoms with E-state index in [0.29, 0.717) is 24.9 Å². The van der Waals surface area contributed by atoms with Crippen molar-refractivity contribution in [2.45, 2.75) is 6.42 Å². The molecule has 3 aliphatic rings. The number of carbonyl (C=O) groups excluding carboxylic acids is 3. The van der Waals surface area contributed by atoms with Crippen LogP contribution >= 0.6 is 0 Å². The van der Waals surface area contributed by atoms with Crippen LogP contribution in [0.1, 0.15) is 27.1 Å². The second-order valence-corrected chi connectivity index (χ2v) is 6.24. The molecule has 2 atom stereocenters. The van der Waals surface area contributed by atoms with Gasteiger partial charge < -0.3 is 4.90 Å². The van der Waals surface area contributed by atoms with Crippen molar-refractivity contribution in [3.8, 4) is 0 Å². The molecule has 8 heteroatoms.